The molecule has 15 heteroatoms. The number of halogens is 1. The van der Waals surface area contributed by atoms with Gasteiger partial charge in [-0.25, -0.2) is 4.79 Å². The average Bonchev–Trinajstić information content (AvgIpc) is 3.64. The summed E-state index contributed by atoms with van der Waals surface area (Å²) in [6.07, 6.45) is 9.52. The van der Waals surface area contributed by atoms with E-state index in [0.29, 0.717) is 40.5 Å². The fourth-order valence-electron chi connectivity index (χ4n) is 8.90. The molecule has 1 aliphatic carbocycles. The number of amides is 4. The molecule has 0 spiro atoms. The normalized spacial score (nSPS) is 23.8. The molecule has 56 heavy (non-hydrogen) atoms. The van der Waals surface area contributed by atoms with Gasteiger partial charge in [0.1, 0.15) is 11.8 Å². The number of imide groups is 1. The number of carbonyl (C=O) groups is 3. The van der Waals surface area contributed by atoms with E-state index in [-0.39, 0.29) is 42.5 Å². The van der Waals surface area contributed by atoms with E-state index in [1.54, 1.807) is 29.2 Å². The first kappa shape index (κ1) is 37.7. The van der Waals surface area contributed by atoms with Crippen molar-refractivity contribution in [1.29, 1.82) is 5.26 Å². The topological polar surface area (TPSA) is 162 Å². The minimum atomic E-state index is -0.382. The predicted octanol–water partition coefficient (Wildman–Crippen LogP) is 5.86. The third-order valence-electron chi connectivity index (χ3n) is 11.9. The average molecular weight is 779 g/mol. The number of hydrogen-bond donors (Lipinski definition) is 2. The molecule has 4 aliphatic rings. The van der Waals surface area contributed by atoms with Crippen LogP contribution in [0.25, 0.3) is 10.9 Å². The number of nitriles is 1. The van der Waals surface area contributed by atoms with Gasteiger partial charge in [0.2, 0.25) is 5.91 Å². The van der Waals surface area contributed by atoms with Crippen molar-refractivity contribution in [3.05, 3.63) is 71.0 Å². The van der Waals surface area contributed by atoms with E-state index in [4.69, 9.17) is 26.7 Å². The van der Waals surface area contributed by atoms with Gasteiger partial charge in [-0.1, -0.05) is 17.7 Å². The van der Waals surface area contributed by atoms with Crippen LogP contribution in [-0.4, -0.2) is 93.6 Å². The highest BCUT2D eigenvalue weighted by Crippen LogP contribution is 2.34. The molecule has 3 aliphatic heterocycles. The number of piperidine rings is 2. The van der Waals surface area contributed by atoms with Crippen LogP contribution in [0, 0.1) is 17.2 Å². The van der Waals surface area contributed by atoms with Gasteiger partial charge in [-0.2, -0.15) is 10.4 Å². The Balaban J connectivity index is 0.777. The molecule has 4 amide bonds. The fraction of sp³-hybridized carbons (Fsp3) is 0.488. The van der Waals surface area contributed by atoms with Crippen molar-refractivity contribution in [2.24, 2.45) is 5.92 Å². The van der Waals surface area contributed by atoms with Gasteiger partial charge in [0.05, 0.1) is 40.1 Å². The van der Waals surface area contributed by atoms with Crippen LogP contribution in [0.3, 0.4) is 0 Å². The van der Waals surface area contributed by atoms with Crippen LogP contribution in [0.2, 0.25) is 5.02 Å². The molecule has 2 N–H and O–H groups in total. The molecule has 8 rings (SSSR count). The van der Waals surface area contributed by atoms with Crippen LogP contribution >= 0.6 is 11.6 Å². The van der Waals surface area contributed by atoms with Crippen LogP contribution in [0.1, 0.15) is 86.8 Å². The summed E-state index contributed by atoms with van der Waals surface area (Å²) >= 11 is 6.16. The molecule has 4 aromatic rings. The minimum absolute atomic E-state index is 0.0300. The van der Waals surface area contributed by atoms with Gasteiger partial charge in [0.25, 0.3) is 5.91 Å². The Hall–Kier alpha value is -5.26. The van der Waals surface area contributed by atoms with Crippen molar-refractivity contribution in [2.75, 3.05) is 42.5 Å². The quantitative estimate of drug-likeness (QED) is 0.211. The van der Waals surface area contributed by atoms with Crippen LogP contribution in [0.4, 0.5) is 16.3 Å². The number of carbonyl (C=O) groups excluding carboxylic acids is 3. The summed E-state index contributed by atoms with van der Waals surface area (Å²) in [6, 6.07) is 17.1. The smallest absolute Gasteiger partial charge is 0.328 e. The SMILES string of the molecule is CC1CC(CN2CCC(n3ncc4c(N5CCC(=O)NC5=O)cccc43)CC2)CCN1c1ccc(C(=O)N[C@H]2CC[C@H](Oc3ccc(C#N)c(Cl)c3)CC2)nn1. The lowest BCUT2D eigenvalue weighted by Gasteiger charge is -2.41. The third kappa shape index (κ3) is 8.15. The van der Waals surface area contributed by atoms with Gasteiger partial charge >= 0.3 is 6.03 Å². The van der Waals surface area contributed by atoms with E-state index in [1.807, 2.05) is 24.4 Å². The molecule has 1 saturated carbocycles. The van der Waals surface area contributed by atoms with E-state index < -0.39 is 0 Å². The Morgan fingerprint density at radius 3 is 2.54 bits per heavy atom. The third-order valence-corrected chi connectivity index (χ3v) is 12.2. The minimum Gasteiger partial charge on any atom is -0.490 e. The van der Waals surface area contributed by atoms with Gasteiger partial charge in [-0.05, 0) is 101 Å². The molecule has 2 unspecified atom stereocenters. The predicted molar refractivity (Wildman–Crippen MR) is 212 cm³/mol. The number of likely N-dealkylation sites (tertiary alicyclic amines) is 1. The van der Waals surface area contributed by atoms with Crippen molar-refractivity contribution in [3.63, 3.8) is 0 Å². The second-order valence-electron chi connectivity index (χ2n) is 15.6. The monoisotopic (exact) mass is 778 g/mol. The van der Waals surface area contributed by atoms with Gasteiger partial charge in [0.15, 0.2) is 11.5 Å². The molecule has 14 nitrogen and oxygen atoms in total. The molecule has 0 bridgehead atoms. The number of ether oxygens (including phenoxy) is 1. The van der Waals surface area contributed by atoms with Gasteiger partial charge in [-0.3, -0.25) is 24.5 Å². The fourth-order valence-corrected chi connectivity index (χ4v) is 9.11. The van der Waals surface area contributed by atoms with E-state index in [2.05, 4.69) is 54.4 Å². The number of benzene rings is 2. The number of fused-ring (bicyclic) bond motifs is 1. The summed E-state index contributed by atoms with van der Waals surface area (Å²) in [4.78, 5) is 43.8. The highest BCUT2D eigenvalue weighted by Gasteiger charge is 2.32. The van der Waals surface area contributed by atoms with Crippen molar-refractivity contribution in [2.45, 2.75) is 88.9 Å². The van der Waals surface area contributed by atoms with Crippen LogP contribution in [0.15, 0.2) is 54.7 Å². The van der Waals surface area contributed by atoms with Crippen LogP contribution in [0.5, 0.6) is 5.75 Å². The maximum atomic E-state index is 13.1. The van der Waals surface area contributed by atoms with E-state index in [9.17, 15) is 14.4 Å². The zero-order valence-corrected chi connectivity index (χ0v) is 32.3. The van der Waals surface area contributed by atoms with Gasteiger partial charge in [0, 0.05) is 62.7 Å². The number of nitrogens with one attached hydrogen (secondary N) is 2. The molecular formula is C41H47ClN10O4. The molecule has 0 radical (unpaired) electrons. The number of nitrogens with zero attached hydrogens (tertiary/aromatic N) is 8. The first-order valence-electron chi connectivity index (χ1n) is 19.8. The van der Waals surface area contributed by atoms with Crippen molar-refractivity contribution in [3.8, 4) is 11.8 Å². The highest BCUT2D eigenvalue weighted by atomic mass is 35.5. The maximum Gasteiger partial charge on any atom is 0.328 e. The van der Waals surface area contributed by atoms with Crippen molar-refractivity contribution >= 4 is 51.9 Å². The summed E-state index contributed by atoms with van der Waals surface area (Å²) < 4.78 is 8.22. The largest absolute Gasteiger partial charge is 0.490 e. The number of rotatable bonds is 9. The summed E-state index contributed by atoms with van der Waals surface area (Å²) in [7, 11) is 0. The summed E-state index contributed by atoms with van der Waals surface area (Å²) in [5.74, 6) is 1.60. The highest BCUT2D eigenvalue weighted by molar-refractivity contribution is 6.31. The first-order chi connectivity index (χ1) is 27.2. The van der Waals surface area contributed by atoms with Gasteiger partial charge in [-0.15, -0.1) is 10.2 Å². The molecule has 2 aromatic heterocycles. The Bertz CT molecular complexity index is 2120. The number of urea groups is 1. The van der Waals surface area contributed by atoms with Crippen molar-refractivity contribution < 1.29 is 19.1 Å². The molecule has 2 atom stereocenters. The first-order valence-corrected chi connectivity index (χ1v) is 20.2. The van der Waals surface area contributed by atoms with Crippen LogP contribution in [-0.2, 0) is 4.79 Å². The zero-order chi connectivity index (χ0) is 38.8. The van der Waals surface area contributed by atoms with E-state index >= 15 is 0 Å². The standard InChI is InChI=1S/C41H47ClN10O4/c1-26-21-27(25-49-17-14-30(15-18-49)52-37-4-2-3-36(33(37)24-44-52)51-20-16-39(53)46-41(51)55)13-19-50(26)38-12-11-35(47-48-38)40(54)45-29-6-9-31(10-7-29)56-32-8-5-28(23-43)34(42)22-32/h2-5,8,11-12,22,24,26-27,29-31H,6-7,9-10,13-21,25H2,1H3,(H,45,54)(H,46,53,55)/t26?,27?,29-,31-. The summed E-state index contributed by atoms with van der Waals surface area (Å²) in [6.45, 7) is 6.60. The van der Waals surface area contributed by atoms with Crippen LogP contribution < -0.4 is 25.2 Å². The lowest BCUT2D eigenvalue weighted by Crippen LogP contribution is -2.49. The molecule has 5 heterocycles. The summed E-state index contributed by atoms with van der Waals surface area (Å²) in [5.41, 5.74) is 2.55. The van der Waals surface area contributed by atoms with E-state index in [1.165, 1.54) is 0 Å². The second-order valence-corrected chi connectivity index (χ2v) is 16.0. The lowest BCUT2D eigenvalue weighted by atomic mass is 9.90. The Kier molecular flexibility index (Phi) is 11.1. The molecule has 2 aromatic carbocycles. The maximum absolute atomic E-state index is 13.1. The molecule has 292 valence electrons. The molecule has 3 saturated heterocycles. The second kappa shape index (κ2) is 16.5. The lowest BCUT2D eigenvalue weighted by molar-refractivity contribution is -0.120. The number of hydrogen-bond acceptors (Lipinski definition) is 10. The molecular weight excluding hydrogens is 732 g/mol. The Morgan fingerprint density at radius 1 is 1.00 bits per heavy atom. The summed E-state index contributed by atoms with van der Waals surface area (Å²) in [5, 5.41) is 29.6. The Morgan fingerprint density at radius 2 is 1.82 bits per heavy atom. The number of anilines is 2. The zero-order valence-electron chi connectivity index (χ0n) is 31.6. The molecule has 4 fully saturated rings. The number of aromatic nitrogens is 4. The van der Waals surface area contributed by atoms with Crippen molar-refractivity contribution in [1.82, 2.24) is 35.5 Å². The van der Waals surface area contributed by atoms with E-state index in [0.717, 1.165) is 100.0 Å². The van der Waals surface area contributed by atoms with Gasteiger partial charge < -0.3 is 19.9 Å². The Labute approximate surface area is 331 Å².